The first-order valence-electron chi connectivity index (χ1n) is 2.89. The number of Topliss-reactive ketones (excluding diaryl/α,β-unsaturated/α-hetero) is 1. The molecule has 2 nitrogen and oxygen atoms in total. The molecule has 0 aliphatic rings. The van der Waals surface area contributed by atoms with Crippen LogP contribution in [0.1, 0.15) is 26.7 Å². The first kappa shape index (κ1) is 7.63. The molecule has 0 aromatic rings. The third-order valence-electron chi connectivity index (χ3n) is 0.962. The largest absolute Gasteiger partial charge is 0.386 e. The minimum Gasteiger partial charge on any atom is -0.386 e. The molecule has 1 N–H and O–H groups in total. The Kier molecular flexibility index (Phi) is 3.44. The van der Waals surface area contributed by atoms with Crippen molar-refractivity contribution in [2.24, 2.45) is 0 Å². The van der Waals surface area contributed by atoms with E-state index in [0.29, 0.717) is 6.42 Å². The molecule has 0 spiro atoms. The highest BCUT2D eigenvalue weighted by molar-refractivity contribution is 5.82. The van der Waals surface area contributed by atoms with Crippen molar-refractivity contribution in [1.82, 2.24) is 0 Å². The maximum Gasteiger partial charge on any atom is 0.160 e. The normalized spacial score (nSPS) is 13.4. The van der Waals surface area contributed by atoms with Gasteiger partial charge in [0.05, 0.1) is 0 Å². The van der Waals surface area contributed by atoms with Gasteiger partial charge in [-0.25, -0.2) is 0 Å². The summed E-state index contributed by atoms with van der Waals surface area (Å²) in [5, 5.41) is 8.60. The van der Waals surface area contributed by atoms with Crippen LogP contribution in [0.15, 0.2) is 0 Å². The third-order valence-corrected chi connectivity index (χ3v) is 0.962. The van der Waals surface area contributed by atoms with E-state index in [2.05, 4.69) is 0 Å². The van der Waals surface area contributed by atoms with Gasteiger partial charge in [0.25, 0.3) is 0 Å². The molecule has 0 fully saturated rings. The van der Waals surface area contributed by atoms with Gasteiger partial charge in [-0.2, -0.15) is 0 Å². The number of aliphatic hydroxyl groups is 1. The van der Waals surface area contributed by atoms with Crippen LogP contribution in [-0.4, -0.2) is 17.0 Å². The van der Waals surface area contributed by atoms with Crippen LogP contribution in [0.25, 0.3) is 0 Å². The van der Waals surface area contributed by atoms with Crippen LogP contribution < -0.4 is 0 Å². The zero-order chi connectivity index (χ0) is 6.57. The molecule has 1 unspecified atom stereocenters. The summed E-state index contributed by atoms with van der Waals surface area (Å²) in [6, 6.07) is 0. The lowest BCUT2D eigenvalue weighted by Gasteiger charge is -1.98. The minimum absolute atomic E-state index is 0.0625. The lowest BCUT2D eigenvalue weighted by Crippen LogP contribution is -2.14. The highest BCUT2D eigenvalue weighted by Gasteiger charge is 2.05. The maximum absolute atomic E-state index is 10.5. The predicted molar refractivity (Wildman–Crippen MR) is 31.6 cm³/mol. The minimum atomic E-state index is -0.769. The first-order chi connectivity index (χ1) is 3.68. The number of aliphatic hydroxyl groups excluding tert-OH is 1. The van der Waals surface area contributed by atoms with Gasteiger partial charge in [-0.05, 0) is 13.3 Å². The van der Waals surface area contributed by atoms with E-state index in [1.807, 2.05) is 6.92 Å². The summed E-state index contributed by atoms with van der Waals surface area (Å²) in [6.45, 7) is 3.41. The number of carbonyl (C=O) groups excluding carboxylic acids is 1. The molecular formula is C6H12O2. The van der Waals surface area contributed by atoms with Gasteiger partial charge in [-0.15, -0.1) is 0 Å². The second-order valence-corrected chi connectivity index (χ2v) is 1.89. The number of ketones is 1. The van der Waals surface area contributed by atoms with Crippen LogP contribution in [0, 0.1) is 0 Å². The zero-order valence-electron chi connectivity index (χ0n) is 5.35. The van der Waals surface area contributed by atoms with Crippen molar-refractivity contribution in [2.45, 2.75) is 32.8 Å². The Balaban J connectivity index is 3.33. The van der Waals surface area contributed by atoms with Crippen molar-refractivity contribution in [1.29, 1.82) is 0 Å². The quantitative estimate of drug-likeness (QED) is 0.590. The first-order valence-corrected chi connectivity index (χ1v) is 2.89. The molecule has 0 heterocycles. The molecule has 0 aliphatic heterocycles. The molecule has 0 rings (SSSR count). The van der Waals surface area contributed by atoms with Crippen molar-refractivity contribution in [2.75, 3.05) is 0 Å². The Morgan fingerprint density at radius 2 is 2.25 bits per heavy atom. The van der Waals surface area contributed by atoms with Crippen molar-refractivity contribution >= 4 is 5.78 Å². The summed E-state index contributed by atoms with van der Waals surface area (Å²) in [6.07, 6.45) is 0.552. The average molecular weight is 116 g/mol. The van der Waals surface area contributed by atoms with Crippen LogP contribution in [0.4, 0.5) is 0 Å². The van der Waals surface area contributed by atoms with Gasteiger partial charge in [0.2, 0.25) is 0 Å². The maximum atomic E-state index is 10.5. The summed E-state index contributed by atoms with van der Waals surface area (Å²) >= 11 is 0. The molecular weight excluding hydrogens is 104 g/mol. The van der Waals surface area contributed by atoms with Gasteiger partial charge < -0.3 is 5.11 Å². The van der Waals surface area contributed by atoms with E-state index in [9.17, 15) is 4.79 Å². The van der Waals surface area contributed by atoms with Gasteiger partial charge in [-0.1, -0.05) is 6.92 Å². The van der Waals surface area contributed by atoms with Crippen molar-refractivity contribution < 1.29 is 9.90 Å². The van der Waals surface area contributed by atoms with Gasteiger partial charge in [0.15, 0.2) is 5.78 Å². The van der Waals surface area contributed by atoms with Gasteiger partial charge >= 0.3 is 0 Å². The monoisotopic (exact) mass is 116 g/mol. The topological polar surface area (TPSA) is 37.3 Å². The Morgan fingerprint density at radius 3 is 2.38 bits per heavy atom. The molecule has 0 radical (unpaired) electrons. The highest BCUT2D eigenvalue weighted by atomic mass is 16.3. The molecule has 0 aromatic heterocycles. The third kappa shape index (κ3) is 2.75. The zero-order valence-corrected chi connectivity index (χ0v) is 5.35. The standard InChI is InChI=1S/C6H12O2/c1-3-4-6(8)5(2)7/h5,7H,3-4H2,1-2H3. The van der Waals surface area contributed by atoms with Crippen LogP contribution >= 0.6 is 0 Å². The Morgan fingerprint density at radius 1 is 1.75 bits per heavy atom. The molecule has 48 valence electrons. The SMILES string of the molecule is CCCC(=O)C(C)O. The van der Waals surface area contributed by atoms with E-state index in [-0.39, 0.29) is 5.78 Å². The van der Waals surface area contributed by atoms with E-state index in [1.54, 1.807) is 0 Å². The van der Waals surface area contributed by atoms with E-state index < -0.39 is 6.10 Å². The number of carbonyl (C=O) groups is 1. The fourth-order valence-corrected chi connectivity index (χ4v) is 0.455. The lowest BCUT2D eigenvalue weighted by molar-refractivity contribution is -0.126. The molecule has 8 heavy (non-hydrogen) atoms. The molecule has 0 aliphatic carbocycles. The van der Waals surface area contributed by atoms with Gasteiger partial charge in [0, 0.05) is 6.42 Å². The summed E-state index contributed by atoms with van der Waals surface area (Å²) < 4.78 is 0. The van der Waals surface area contributed by atoms with E-state index in [1.165, 1.54) is 6.92 Å². The van der Waals surface area contributed by atoms with Crippen molar-refractivity contribution in [3.63, 3.8) is 0 Å². The summed E-state index contributed by atoms with van der Waals surface area (Å²) in [5.41, 5.74) is 0. The van der Waals surface area contributed by atoms with Gasteiger partial charge in [-0.3, -0.25) is 4.79 Å². The van der Waals surface area contributed by atoms with Gasteiger partial charge in [0.1, 0.15) is 6.10 Å². The van der Waals surface area contributed by atoms with E-state index >= 15 is 0 Å². The highest BCUT2D eigenvalue weighted by Crippen LogP contribution is 1.92. The Hall–Kier alpha value is -0.370. The van der Waals surface area contributed by atoms with Crippen LogP contribution in [0.5, 0.6) is 0 Å². The summed E-state index contributed by atoms with van der Waals surface area (Å²) in [7, 11) is 0. The molecule has 0 saturated carbocycles. The van der Waals surface area contributed by atoms with Crippen LogP contribution in [0.3, 0.4) is 0 Å². The predicted octanol–water partition coefficient (Wildman–Crippen LogP) is 0.736. The van der Waals surface area contributed by atoms with Crippen LogP contribution in [-0.2, 0) is 4.79 Å². The number of rotatable bonds is 3. The average Bonchev–Trinajstić information content (AvgIpc) is 1.67. The lowest BCUT2D eigenvalue weighted by atomic mass is 10.2. The van der Waals surface area contributed by atoms with Crippen molar-refractivity contribution in [3.8, 4) is 0 Å². The van der Waals surface area contributed by atoms with E-state index in [0.717, 1.165) is 6.42 Å². The second kappa shape index (κ2) is 3.61. The van der Waals surface area contributed by atoms with Crippen LogP contribution in [0.2, 0.25) is 0 Å². The summed E-state index contributed by atoms with van der Waals surface area (Å²) in [5.74, 6) is -0.0625. The molecule has 0 saturated heterocycles. The molecule has 2 heteroatoms. The van der Waals surface area contributed by atoms with Crippen molar-refractivity contribution in [3.05, 3.63) is 0 Å². The second-order valence-electron chi connectivity index (χ2n) is 1.89. The smallest absolute Gasteiger partial charge is 0.160 e. The molecule has 0 amide bonds. The Labute approximate surface area is 49.5 Å². The fraction of sp³-hybridized carbons (Fsp3) is 0.833. The molecule has 1 atom stereocenters. The van der Waals surface area contributed by atoms with E-state index in [4.69, 9.17) is 5.11 Å². The number of hydrogen-bond donors (Lipinski definition) is 1. The molecule has 0 aromatic carbocycles. The molecule has 0 bridgehead atoms. The Bertz CT molecular complexity index is 76.6. The number of hydrogen-bond acceptors (Lipinski definition) is 2. The summed E-state index contributed by atoms with van der Waals surface area (Å²) in [4.78, 5) is 10.5. The fourth-order valence-electron chi connectivity index (χ4n) is 0.455.